The van der Waals surface area contributed by atoms with E-state index in [1.807, 2.05) is 31.2 Å². The Balaban J connectivity index is 1.81. The van der Waals surface area contributed by atoms with Gasteiger partial charge in [-0.15, -0.1) is 0 Å². The summed E-state index contributed by atoms with van der Waals surface area (Å²) in [7, 11) is 0. The molecule has 3 heteroatoms. The van der Waals surface area contributed by atoms with Gasteiger partial charge in [-0.2, -0.15) is 0 Å². The molecule has 0 bridgehead atoms. The summed E-state index contributed by atoms with van der Waals surface area (Å²) < 4.78 is 11.4. The first kappa shape index (κ1) is 14.2. The number of nitrogens with two attached hydrogens (primary N) is 1. The molecule has 0 aliphatic heterocycles. The molecule has 2 N–H and O–H groups in total. The van der Waals surface area contributed by atoms with Gasteiger partial charge in [-0.25, -0.2) is 0 Å². The molecule has 0 radical (unpaired) electrons. The fraction of sp³-hybridized carbons (Fsp3) is 0.625. The molecule has 1 saturated carbocycles. The molecule has 0 aromatic heterocycles. The minimum Gasteiger partial charge on any atom is -0.490 e. The topological polar surface area (TPSA) is 44.5 Å². The Morgan fingerprint density at radius 1 is 1.11 bits per heavy atom. The number of para-hydroxylation sites is 2. The molecule has 1 aliphatic carbocycles. The molecular formula is C16H25NO2. The Hall–Kier alpha value is -1.22. The van der Waals surface area contributed by atoms with Crippen LogP contribution in [-0.4, -0.2) is 19.3 Å². The highest BCUT2D eigenvalue weighted by Crippen LogP contribution is 2.29. The van der Waals surface area contributed by atoms with E-state index in [0.717, 1.165) is 24.5 Å². The monoisotopic (exact) mass is 263 g/mol. The van der Waals surface area contributed by atoms with Crippen LogP contribution in [-0.2, 0) is 0 Å². The van der Waals surface area contributed by atoms with E-state index >= 15 is 0 Å². The van der Waals surface area contributed by atoms with E-state index in [9.17, 15) is 0 Å². The lowest BCUT2D eigenvalue weighted by Crippen LogP contribution is -2.33. The van der Waals surface area contributed by atoms with Gasteiger partial charge in [0.1, 0.15) is 0 Å². The first-order valence-corrected chi connectivity index (χ1v) is 7.41. The molecule has 2 atom stereocenters. The van der Waals surface area contributed by atoms with Crippen LogP contribution in [0.2, 0.25) is 0 Å². The molecule has 0 heterocycles. The van der Waals surface area contributed by atoms with Crippen molar-refractivity contribution in [2.45, 2.75) is 45.1 Å². The van der Waals surface area contributed by atoms with Crippen molar-refractivity contribution < 1.29 is 9.47 Å². The zero-order chi connectivity index (χ0) is 13.5. The van der Waals surface area contributed by atoms with Crippen molar-refractivity contribution in [3.05, 3.63) is 24.3 Å². The Kier molecular flexibility index (Phi) is 5.52. The Morgan fingerprint density at radius 3 is 2.47 bits per heavy atom. The van der Waals surface area contributed by atoms with Gasteiger partial charge < -0.3 is 15.2 Å². The summed E-state index contributed by atoms with van der Waals surface area (Å²) in [5.74, 6) is 2.29. The van der Waals surface area contributed by atoms with Crippen molar-refractivity contribution in [1.29, 1.82) is 0 Å². The van der Waals surface area contributed by atoms with Gasteiger partial charge in [0.2, 0.25) is 0 Å². The van der Waals surface area contributed by atoms with Crippen LogP contribution in [0.3, 0.4) is 0 Å². The van der Waals surface area contributed by atoms with Crippen LogP contribution in [0, 0.1) is 5.92 Å². The lowest BCUT2D eigenvalue weighted by molar-refractivity contribution is 0.217. The van der Waals surface area contributed by atoms with E-state index in [2.05, 4.69) is 0 Å². The summed E-state index contributed by atoms with van der Waals surface area (Å²) >= 11 is 0. The molecule has 1 aliphatic rings. The van der Waals surface area contributed by atoms with Crippen molar-refractivity contribution in [3.63, 3.8) is 0 Å². The fourth-order valence-corrected chi connectivity index (χ4v) is 2.76. The third kappa shape index (κ3) is 4.13. The summed E-state index contributed by atoms with van der Waals surface area (Å²) in [4.78, 5) is 0. The van der Waals surface area contributed by atoms with Crippen LogP contribution in [0.5, 0.6) is 11.5 Å². The Labute approximate surface area is 116 Å². The highest BCUT2D eigenvalue weighted by atomic mass is 16.5. The molecule has 1 aromatic carbocycles. The summed E-state index contributed by atoms with van der Waals surface area (Å²) in [6, 6.07) is 8.22. The molecule has 106 valence electrons. The van der Waals surface area contributed by atoms with Gasteiger partial charge in [0.15, 0.2) is 11.5 Å². The average Bonchev–Trinajstić information content (AvgIpc) is 2.43. The lowest BCUT2D eigenvalue weighted by Gasteiger charge is -2.28. The number of benzene rings is 1. The molecule has 1 fully saturated rings. The minimum absolute atomic E-state index is 0.361. The van der Waals surface area contributed by atoms with Crippen molar-refractivity contribution in [1.82, 2.24) is 0 Å². The maximum atomic E-state index is 6.16. The first-order chi connectivity index (χ1) is 9.31. The first-order valence-electron chi connectivity index (χ1n) is 7.41. The predicted octanol–water partition coefficient (Wildman–Crippen LogP) is 3.37. The highest BCUT2D eigenvalue weighted by Gasteiger charge is 2.21. The maximum Gasteiger partial charge on any atom is 0.161 e. The normalized spacial score (nSPS) is 23.1. The molecule has 19 heavy (non-hydrogen) atoms. The second-order valence-corrected chi connectivity index (χ2v) is 5.23. The van der Waals surface area contributed by atoms with E-state index in [-0.39, 0.29) is 0 Å². The number of hydrogen-bond acceptors (Lipinski definition) is 3. The van der Waals surface area contributed by atoms with Crippen LogP contribution >= 0.6 is 0 Å². The van der Waals surface area contributed by atoms with E-state index in [1.54, 1.807) is 0 Å². The maximum absolute atomic E-state index is 6.16. The van der Waals surface area contributed by atoms with E-state index in [4.69, 9.17) is 15.2 Å². The van der Waals surface area contributed by atoms with Crippen LogP contribution in [0.4, 0.5) is 0 Å². The van der Waals surface area contributed by atoms with E-state index in [0.29, 0.717) is 18.6 Å². The smallest absolute Gasteiger partial charge is 0.161 e. The third-order valence-electron chi connectivity index (χ3n) is 3.86. The van der Waals surface area contributed by atoms with Gasteiger partial charge in [-0.1, -0.05) is 25.0 Å². The standard InChI is InChI=1S/C16H25NO2/c1-2-18-15-9-5-6-10-16(15)19-12-11-13-7-3-4-8-14(13)17/h5-6,9-10,13-14H,2-4,7-8,11-12,17H2,1H3. The molecule has 2 rings (SSSR count). The SMILES string of the molecule is CCOc1ccccc1OCCC1CCCCC1N. The van der Waals surface area contributed by atoms with Gasteiger partial charge >= 0.3 is 0 Å². The largest absolute Gasteiger partial charge is 0.490 e. The van der Waals surface area contributed by atoms with E-state index in [1.165, 1.54) is 25.7 Å². The van der Waals surface area contributed by atoms with Crippen LogP contribution in [0.1, 0.15) is 39.0 Å². The quantitative estimate of drug-likeness (QED) is 0.855. The van der Waals surface area contributed by atoms with E-state index < -0.39 is 0 Å². The fourth-order valence-electron chi connectivity index (χ4n) is 2.76. The number of hydrogen-bond donors (Lipinski definition) is 1. The molecule has 0 amide bonds. The zero-order valence-electron chi connectivity index (χ0n) is 11.8. The zero-order valence-corrected chi connectivity index (χ0v) is 11.8. The highest BCUT2D eigenvalue weighted by molar-refractivity contribution is 5.39. The average molecular weight is 263 g/mol. The van der Waals surface area contributed by atoms with Crippen molar-refractivity contribution in [2.75, 3.05) is 13.2 Å². The van der Waals surface area contributed by atoms with Crippen LogP contribution in [0.25, 0.3) is 0 Å². The molecule has 2 unspecified atom stereocenters. The summed E-state index contributed by atoms with van der Waals surface area (Å²) in [5.41, 5.74) is 6.16. The van der Waals surface area contributed by atoms with Crippen molar-refractivity contribution in [2.24, 2.45) is 11.7 Å². The Morgan fingerprint density at radius 2 is 1.79 bits per heavy atom. The Bertz CT molecular complexity index is 381. The molecule has 0 saturated heterocycles. The molecule has 0 spiro atoms. The van der Waals surface area contributed by atoms with Crippen LogP contribution in [0.15, 0.2) is 24.3 Å². The number of ether oxygens (including phenoxy) is 2. The van der Waals surface area contributed by atoms with Gasteiger partial charge in [0, 0.05) is 6.04 Å². The van der Waals surface area contributed by atoms with Gasteiger partial charge in [0.05, 0.1) is 13.2 Å². The minimum atomic E-state index is 0.361. The third-order valence-corrected chi connectivity index (χ3v) is 3.86. The predicted molar refractivity (Wildman–Crippen MR) is 77.7 cm³/mol. The summed E-state index contributed by atoms with van der Waals surface area (Å²) in [5, 5.41) is 0. The summed E-state index contributed by atoms with van der Waals surface area (Å²) in [6.07, 6.45) is 6.05. The van der Waals surface area contributed by atoms with Gasteiger partial charge in [0.25, 0.3) is 0 Å². The second-order valence-electron chi connectivity index (χ2n) is 5.23. The van der Waals surface area contributed by atoms with Gasteiger partial charge in [-0.05, 0) is 44.2 Å². The van der Waals surface area contributed by atoms with Crippen molar-refractivity contribution in [3.8, 4) is 11.5 Å². The van der Waals surface area contributed by atoms with Crippen molar-refractivity contribution >= 4 is 0 Å². The van der Waals surface area contributed by atoms with Crippen LogP contribution < -0.4 is 15.2 Å². The second kappa shape index (κ2) is 7.39. The van der Waals surface area contributed by atoms with Gasteiger partial charge in [-0.3, -0.25) is 0 Å². The summed E-state index contributed by atoms with van der Waals surface area (Å²) in [6.45, 7) is 3.37. The molecular weight excluding hydrogens is 238 g/mol. The molecule has 3 nitrogen and oxygen atoms in total. The number of rotatable bonds is 6. The molecule has 1 aromatic rings. The lowest BCUT2D eigenvalue weighted by atomic mass is 9.83.